The third-order valence-electron chi connectivity index (χ3n) is 5.10. The quantitative estimate of drug-likeness (QED) is 0.200. The van der Waals surface area contributed by atoms with Crippen LogP contribution in [0, 0.1) is 0 Å². The Morgan fingerprint density at radius 2 is 0.721 bits per heavy atom. The zero-order valence-electron chi connectivity index (χ0n) is 19.8. The molecule has 0 radical (unpaired) electrons. The number of aliphatic hydroxyl groups is 1. The molecule has 0 aromatic carbocycles. The molecule has 0 aliphatic heterocycles. The van der Waals surface area contributed by atoms with E-state index in [0.717, 1.165) is 14.1 Å². The van der Waals surface area contributed by atoms with Crippen molar-refractivity contribution in [2.24, 2.45) is 0 Å². The van der Waals surface area contributed by atoms with Gasteiger partial charge in [0.15, 0.2) is 5.83 Å². The second kappa shape index (κ2) is 10.8. The van der Waals surface area contributed by atoms with Crippen molar-refractivity contribution >= 4 is 0 Å². The van der Waals surface area contributed by atoms with Crippen LogP contribution in [0.15, 0.2) is 11.9 Å². The van der Waals surface area contributed by atoms with Crippen LogP contribution in [0.25, 0.3) is 0 Å². The molecule has 1 atom stereocenters. The molecule has 43 heavy (non-hydrogen) atoms. The molecule has 0 heterocycles. The molecule has 0 aliphatic carbocycles. The number of hydrogen-bond donors (Lipinski definition) is 1. The fourth-order valence-corrected chi connectivity index (χ4v) is 2.61. The van der Waals surface area contributed by atoms with Gasteiger partial charge in [-0.3, -0.25) is 0 Å². The van der Waals surface area contributed by atoms with Crippen molar-refractivity contribution in [3.8, 4) is 0 Å². The zero-order valence-corrected chi connectivity index (χ0v) is 19.8. The maximum absolute atomic E-state index is 13.8. The predicted molar refractivity (Wildman–Crippen MR) is 89.3 cm³/mol. The molecule has 0 fully saturated rings. The second-order valence-electron chi connectivity index (χ2n) is 8.59. The van der Waals surface area contributed by atoms with Gasteiger partial charge >= 0.3 is 65.4 Å². The average Bonchev–Trinajstić information content (AvgIpc) is 2.76. The molecule has 0 spiro atoms. The Bertz CT molecular complexity index is 1020. The largest absolute Gasteiger partial charge is 0.460 e. The van der Waals surface area contributed by atoms with E-state index in [2.05, 4.69) is 0 Å². The Morgan fingerprint density at radius 3 is 0.953 bits per heavy atom. The van der Waals surface area contributed by atoms with Crippen LogP contribution in [0.1, 0.15) is 0 Å². The smallest absolute Gasteiger partial charge is 0.388 e. The summed E-state index contributed by atoms with van der Waals surface area (Å²) in [6.07, 6.45) is -12.1. The van der Waals surface area contributed by atoms with E-state index >= 15 is 0 Å². The Kier molecular flexibility index (Phi) is 10.3. The lowest BCUT2D eigenvalue weighted by atomic mass is 9.85. The van der Waals surface area contributed by atoms with Crippen molar-refractivity contribution in [2.75, 3.05) is 20.6 Å². The molecule has 26 heteroatoms. The Hall–Kier alpha value is -2.02. The third kappa shape index (κ3) is 5.55. The average molecular weight is 701 g/mol. The van der Waals surface area contributed by atoms with Gasteiger partial charge in [0.25, 0.3) is 0 Å². The molecule has 0 rings (SSSR count). The summed E-state index contributed by atoms with van der Waals surface area (Å²) in [5.74, 6) is -94.1. The fraction of sp³-hybridized carbons (Fsp3) is 0.882. The third-order valence-corrected chi connectivity index (χ3v) is 5.10. The van der Waals surface area contributed by atoms with Crippen molar-refractivity contribution < 1.29 is 110 Å². The molecule has 0 aromatic rings. The van der Waals surface area contributed by atoms with Gasteiger partial charge in [0, 0.05) is 6.54 Å². The van der Waals surface area contributed by atoms with Crippen molar-refractivity contribution in [3.63, 3.8) is 0 Å². The van der Waals surface area contributed by atoms with E-state index in [-0.39, 0.29) is 0 Å². The van der Waals surface area contributed by atoms with Crippen LogP contribution < -0.4 is 0 Å². The molecule has 0 bridgehead atoms. The molecule has 0 saturated carbocycles. The molecule has 1 N–H and O–H groups in total. The van der Waals surface area contributed by atoms with Crippen molar-refractivity contribution in [2.45, 2.75) is 71.5 Å². The maximum atomic E-state index is 13.8. The number of allylic oxidation sites excluding steroid dienone is 1. The summed E-state index contributed by atoms with van der Waals surface area (Å²) in [5, 5.41) is 9.13. The summed E-state index contributed by atoms with van der Waals surface area (Å²) in [7, 11) is 1.86. The van der Waals surface area contributed by atoms with Crippen LogP contribution in [-0.2, 0) is 0 Å². The number of alkyl halides is 23. The van der Waals surface area contributed by atoms with Gasteiger partial charge in [-0.25, -0.2) is 4.39 Å². The number of halogens is 24. The molecule has 2 nitrogen and oxygen atoms in total. The topological polar surface area (TPSA) is 23.5 Å². The number of hydrogen-bond acceptors (Lipinski definition) is 2. The normalized spacial score (nSPS) is 17.5. The number of likely N-dealkylation sites (N-methyl/N-ethyl adjacent to an activating group) is 1. The van der Waals surface area contributed by atoms with E-state index in [4.69, 9.17) is 5.11 Å². The maximum Gasteiger partial charge on any atom is 0.460 e. The summed E-state index contributed by atoms with van der Waals surface area (Å²) in [5.41, 5.74) is 0. The number of aliphatic hydroxyl groups excluding tert-OH is 1. The first-order valence-corrected chi connectivity index (χ1v) is 9.78. The highest BCUT2D eigenvalue weighted by Crippen LogP contribution is 2.67. The highest BCUT2D eigenvalue weighted by Gasteiger charge is 2.99. The molecule has 0 saturated heterocycles. The minimum absolute atomic E-state index is 0.709. The Balaban J connectivity index is 7.23. The first-order chi connectivity index (χ1) is 18.2. The van der Waals surface area contributed by atoms with Crippen LogP contribution in [0.4, 0.5) is 105 Å². The summed E-state index contributed by atoms with van der Waals surface area (Å²) < 4.78 is 320. The number of nitrogens with zero attached hydrogens (tertiary/aromatic N) is 1. The molecule has 258 valence electrons. The van der Waals surface area contributed by atoms with Gasteiger partial charge in [-0.1, -0.05) is 0 Å². The van der Waals surface area contributed by atoms with Crippen LogP contribution in [0.3, 0.4) is 0 Å². The molecular formula is C17H11F24NO. The number of rotatable bonds is 13. The van der Waals surface area contributed by atoms with Crippen LogP contribution in [-0.4, -0.2) is 102 Å². The predicted octanol–water partition coefficient (Wildman–Crippen LogP) is 7.68. The van der Waals surface area contributed by atoms with E-state index < -0.39 is 90.0 Å². The lowest BCUT2D eigenvalue weighted by Crippen LogP contribution is -2.77. The minimum atomic E-state index is -9.52. The van der Waals surface area contributed by atoms with Gasteiger partial charge in [0.05, 0.1) is 6.10 Å². The molecule has 0 aromatic heterocycles. The van der Waals surface area contributed by atoms with E-state index in [1.165, 1.54) is 0 Å². The van der Waals surface area contributed by atoms with Crippen LogP contribution >= 0.6 is 0 Å². The Labute approximate surface area is 220 Å². The van der Waals surface area contributed by atoms with E-state index in [0.29, 0.717) is 4.90 Å². The van der Waals surface area contributed by atoms with Gasteiger partial charge in [0.1, 0.15) is 0 Å². The van der Waals surface area contributed by atoms with Crippen LogP contribution in [0.2, 0.25) is 0 Å². The standard InChI is InChI=1S/C17H11F24NO/c1-42(2)4-5(43)3-6(18)7(19,20)8(21,22)9(23,24)10(25,26)11(27,28)12(29,30)13(31,32)14(33,34)15(35,36)16(37,38)17(39,40)41/h3,5,43H,4H2,1-2H3. The second-order valence-corrected chi connectivity index (χ2v) is 8.59. The molecular weight excluding hydrogens is 690 g/mol. The van der Waals surface area contributed by atoms with Gasteiger partial charge in [-0.15, -0.1) is 0 Å². The van der Waals surface area contributed by atoms with Crippen molar-refractivity contribution in [1.82, 2.24) is 4.90 Å². The first-order valence-electron chi connectivity index (χ1n) is 9.78. The fourth-order valence-electron chi connectivity index (χ4n) is 2.61. The van der Waals surface area contributed by atoms with Gasteiger partial charge in [-0.05, 0) is 20.2 Å². The first kappa shape index (κ1) is 41.0. The van der Waals surface area contributed by atoms with Crippen LogP contribution in [0.5, 0.6) is 0 Å². The summed E-state index contributed by atoms with van der Waals surface area (Å²) in [6, 6.07) is 0. The van der Waals surface area contributed by atoms with Gasteiger partial charge in [-0.2, -0.15) is 101 Å². The van der Waals surface area contributed by atoms with Gasteiger partial charge in [0.2, 0.25) is 0 Å². The SMILES string of the molecule is CN(C)CC(O)C=C(F)C(F)(F)C(F)(F)C(F)(F)C(F)(F)C(F)(F)C(F)(F)C(F)(F)C(F)(F)C(F)(F)C(F)(F)C(F)(F)F. The highest BCUT2D eigenvalue weighted by atomic mass is 19.4. The van der Waals surface area contributed by atoms with Gasteiger partial charge < -0.3 is 10.0 Å². The molecule has 1 unspecified atom stereocenters. The Morgan fingerprint density at radius 1 is 0.488 bits per heavy atom. The molecule has 0 aliphatic rings. The lowest BCUT2D eigenvalue weighted by Gasteiger charge is -2.45. The van der Waals surface area contributed by atoms with E-state index in [1.807, 2.05) is 0 Å². The summed E-state index contributed by atoms with van der Waals surface area (Å²) in [4.78, 5) is 0.709. The van der Waals surface area contributed by atoms with E-state index in [9.17, 15) is 105 Å². The monoisotopic (exact) mass is 701 g/mol. The van der Waals surface area contributed by atoms with Crippen molar-refractivity contribution in [1.29, 1.82) is 0 Å². The minimum Gasteiger partial charge on any atom is -0.388 e. The van der Waals surface area contributed by atoms with Crippen molar-refractivity contribution in [3.05, 3.63) is 11.9 Å². The zero-order chi connectivity index (χ0) is 35.6. The highest BCUT2D eigenvalue weighted by molar-refractivity contribution is 5.22. The molecule has 0 amide bonds. The summed E-state index contributed by atoms with van der Waals surface area (Å²) in [6.45, 7) is -1.08. The van der Waals surface area contributed by atoms with E-state index in [1.54, 1.807) is 0 Å². The summed E-state index contributed by atoms with van der Waals surface area (Å²) >= 11 is 0. The lowest BCUT2D eigenvalue weighted by molar-refractivity contribution is -0.478.